The van der Waals surface area contributed by atoms with Crippen LogP contribution in [0.3, 0.4) is 0 Å². The van der Waals surface area contributed by atoms with E-state index in [1.54, 1.807) is 23.9 Å². The van der Waals surface area contributed by atoms with E-state index in [0.717, 1.165) is 5.69 Å². The third-order valence-electron chi connectivity index (χ3n) is 3.22. The van der Waals surface area contributed by atoms with Crippen LogP contribution in [0.4, 0.5) is 0 Å². The van der Waals surface area contributed by atoms with E-state index in [1.165, 1.54) is 0 Å². The lowest BCUT2D eigenvalue weighted by Crippen LogP contribution is -2.29. The first-order valence-corrected chi connectivity index (χ1v) is 7.33. The van der Waals surface area contributed by atoms with Crippen molar-refractivity contribution in [1.82, 2.24) is 9.88 Å². The first kappa shape index (κ1) is 16.6. The van der Waals surface area contributed by atoms with Gasteiger partial charge < -0.3 is 19.4 Å². The molecule has 6 heteroatoms. The molecule has 1 amide bonds. The number of carbonyl (C=O) groups excluding carboxylic acids is 1. The SMILES string of the molecule is CCOc1cccc(-n2ccc(C#N)c2C(=O)NCCOC)c1. The molecular weight excluding hydrogens is 294 g/mol. The van der Waals surface area contributed by atoms with E-state index < -0.39 is 0 Å². The number of amides is 1. The summed E-state index contributed by atoms with van der Waals surface area (Å²) in [6, 6.07) is 11.1. The van der Waals surface area contributed by atoms with Crippen molar-refractivity contribution in [3.8, 4) is 17.5 Å². The van der Waals surface area contributed by atoms with Gasteiger partial charge in [-0.1, -0.05) is 6.07 Å². The fourth-order valence-corrected chi connectivity index (χ4v) is 2.21. The molecule has 0 fully saturated rings. The Hall–Kier alpha value is -2.78. The summed E-state index contributed by atoms with van der Waals surface area (Å²) in [6.07, 6.45) is 1.70. The predicted octanol–water partition coefficient (Wildman–Crippen LogP) is 2.12. The maximum Gasteiger partial charge on any atom is 0.269 e. The number of carbonyl (C=O) groups is 1. The van der Waals surface area contributed by atoms with Gasteiger partial charge in [0.15, 0.2) is 0 Å². The molecule has 2 aromatic rings. The number of benzene rings is 1. The zero-order valence-electron chi connectivity index (χ0n) is 13.2. The number of rotatable bonds is 7. The molecule has 0 radical (unpaired) electrons. The average molecular weight is 313 g/mol. The Bertz CT molecular complexity index is 716. The van der Waals surface area contributed by atoms with Crippen molar-refractivity contribution in [2.24, 2.45) is 0 Å². The van der Waals surface area contributed by atoms with Crippen LogP contribution < -0.4 is 10.1 Å². The Balaban J connectivity index is 2.36. The third-order valence-corrected chi connectivity index (χ3v) is 3.22. The molecule has 120 valence electrons. The maximum atomic E-state index is 12.4. The largest absolute Gasteiger partial charge is 0.494 e. The highest BCUT2D eigenvalue weighted by molar-refractivity contribution is 5.95. The van der Waals surface area contributed by atoms with Crippen molar-refractivity contribution >= 4 is 5.91 Å². The quantitative estimate of drug-likeness (QED) is 0.794. The molecule has 1 N–H and O–H groups in total. The third kappa shape index (κ3) is 3.90. The summed E-state index contributed by atoms with van der Waals surface area (Å²) in [4.78, 5) is 12.4. The molecule has 0 unspecified atom stereocenters. The van der Waals surface area contributed by atoms with E-state index in [4.69, 9.17) is 9.47 Å². The molecule has 0 aliphatic carbocycles. The van der Waals surface area contributed by atoms with Gasteiger partial charge in [0, 0.05) is 31.6 Å². The van der Waals surface area contributed by atoms with Gasteiger partial charge in [-0.25, -0.2) is 0 Å². The Morgan fingerprint density at radius 1 is 1.39 bits per heavy atom. The number of nitrogens with zero attached hydrogens (tertiary/aromatic N) is 2. The van der Waals surface area contributed by atoms with Crippen molar-refractivity contribution in [2.45, 2.75) is 6.92 Å². The zero-order valence-corrected chi connectivity index (χ0v) is 13.2. The van der Waals surface area contributed by atoms with Crippen LogP contribution in [-0.4, -0.2) is 37.3 Å². The molecule has 0 aliphatic heterocycles. The molecule has 1 heterocycles. The number of methoxy groups -OCH3 is 1. The van der Waals surface area contributed by atoms with Gasteiger partial charge in [-0.3, -0.25) is 4.79 Å². The number of ether oxygens (including phenoxy) is 2. The number of hydrogen-bond acceptors (Lipinski definition) is 4. The first-order chi connectivity index (χ1) is 11.2. The highest BCUT2D eigenvalue weighted by Crippen LogP contribution is 2.21. The van der Waals surface area contributed by atoms with Crippen LogP contribution in [0.25, 0.3) is 5.69 Å². The molecule has 0 saturated heterocycles. The minimum atomic E-state index is -0.314. The van der Waals surface area contributed by atoms with Gasteiger partial charge in [-0.2, -0.15) is 5.26 Å². The molecule has 1 aromatic heterocycles. The summed E-state index contributed by atoms with van der Waals surface area (Å²) in [5, 5.41) is 12.0. The van der Waals surface area contributed by atoms with E-state index in [9.17, 15) is 10.1 Å². The van der Waals surface area contributed by atoms with Crippen molar-refractivity contribution < 1.29 is 14.3 Å². The lowest BCUT2D eigenvalue weighted by atomic mass is 10.2. The molecule has 1 aromatic carbocycles. The molecule has 6 nitrogen and oxygen atoms in total. The van der Waals surface area contributed by atoms with E-state index in [0.29, 0.717) is 36.8 Å². The lowest BCUT2D eigenvalue weighted by Gasteiger charge is -2.12. The molecule has 0 bridgehead atoms. The summed E-state index contributed by atoms with van der Waals surface area (Å²) in [5.74, 6) is 0.397. The zero-order chi connectivity index (χ0) is 16.7. The molecular formula is C17H19N3O3. The van der Waals surface area contributed by atoms with Gasteiger partial charge in [0.05, 0.1) is 18.8 Å². The van der Waals surface area contributed by atoms with Gasteiger partial charge in [0.2, 0.25) is 0 Å². The standard InChI is InChI=1S/C17H19N3O3/c1-3-23-15-6-4-5-14(11-15)20-9-7-13(12-18)16(20)17(21)19-8-10-22-2/h4-7,9,11H,3,8,10H2,1-2H3,(H,19,21). The summed E-state index contributed by atoms with van der Waals surface area (Å²) in [7, 11) is 1.56. The molecule has 23 heavy (non-hydrogen) atoms. The fourth-order valence-electron chi connectivity index (χ4n) is 2.21. The highest BCUT2D eigenvalue weighted by atomic mass is 16.5. The van der Waals surface area contributed by atoms with Gasteiger partial charge in [-0.05, 0) is 25.1 Å². The van der Waals surface area contributed by atoms with E-state index in [1.807, 2.05) is 31.2 Å². The van der Waals surface area contributed by atoms with Crippen molar-refractivity contribution in [3.05, 3.63) is 47.8 Å². The van der Waals surface area contributed by atoms with Crippen LogP contribution in [-0.2, 0) is 4.74 Å². The molecule has 0 spiro atoms. The van der Waals surface area contributed by atoms with Gasteiger partial charge in [-0.15, -0.1) is 0 Å². The van der Waals surface area contributed by atoms with Gasteiger partial charge >= 0.3 is 0 Å². The van der Waals surface area contributed by atoms with E-state index >= 15 is 0 Å². The monoisotopic (exact) mass is 313 g/mol. The average Bonchev–Trinajstić information content (AvgIpc) is 2.99. The maximum absolute atomic E-state index is 12.4. The van der Waals surface area contributed by atoms with Crippen LogP contribution in [0.2, 0.25) is 0 Å². The van der Waals surface area contributed by atoms with E-state index in [2.05, 4.69) is 11.4 Å². The number of nitriles is 1. The summed E-state index contributed by atoms with van der Waals surface area (Å²) >= 11 is 0. The van der Waals surface area contributed by atoms with E-state index in [-0.39, 0.29) is 5.91 Å². The summed E-state index contributed by atoms with van der Waals surface area (Å²) in [6.45, 7) is 3.26. The Labute approximate surface area is 135 Å². The number of hydrogen-bond donors (Lipinski definition) is 1. The minimum Gasteiger partial charge on any atom is -0.494 e. The second-order valence-corrected chi connectivity index (χ2v) is 4.74. The van der Waals surface area contributed by atoms with Gasteiger partial charge in [0.1, 0.15) is 17.5 Å². The highest BCUT2D eigenvalue weighted by Gasteiger charge is 2.18. The Kier molecular flexibility index (Phi) is 5.78. The summed E-state index contributed by atoms with van der Waals surface area (Å²) < 4.78 is 12.1. The normalized spacial score (nSPS) is 10.1. The number of aromatic nitrogens is 1. The first-order valence-electron chi connectivity index (χ1n) is 7.33. The van der Waals surface area contributed by atoms with Crippen molar-refractivity contribution in [2.75, 3.05) is 26.9 Å². The predicted molar refractivity (Wildman–Crippen MR) is 85.9 cm³/mol. The minimum absolute atomic E-state index is 0.303. The molecule has 2 rings (SSSR count). The van der Waals surface area contributed by atoms with Crippen LogP contribution >= 0.6 is 0 Å². The van der Waals surface area contributed by atoms with Crippen molar-refractivity contribution in [3.63, 3.8) is 0 Å². The number of nitrogens with one attached hydrogen (secondary N) is 1. The smallest absolute Gasteiger partial charge is 0.269 e. The second kappa shape index (κ2) is 8.01. The molecule has 0 atom stereocenters. The molecule has 0 saturated carbocycles. The van der Waals surface area contributed by atoms with Crippen LogP contribution in [0.5, 0.6) is 5.75 Å². The Morgan fingerprint density at radius 3 is 2.91 bits per heavy atom. The van der Waals surface area contributed by atoms with Crippen LogP contribution in [0.1, 0.15) is 23.0 Å². The van der Waals surface area contributed by atoms with Gasteiger partial charge in [0.25, 0.3) is 5.91 Å². The van der Waals surface area contributed by atoms with Crippen molar-refractivity contribution in [1.29, 1.82) is 5.26 Å². The fraction of sp³-hybridized carbons (Fsp3) is 0.294. The topological polar surface area (TPSA) is 76.3 Å². The van der Waals surface area contributed by atoms with Crippen LogP contribution in [0.15, 0.2) is 36.5 Å². The van der Waals surface area contributed by atoms with Crippen LogP contribution in [0, 0.1) is 11.3 Å². The summed E-state index contributed by atoms with van der Waals surface area (Å²) in [5.41, 5.74) is 1.38. The molecule has 0 aliphatic rings. The second-order valence-electron chi connectivity index (χ2n) is 4.74. The Morgan fingerprint density at radius 2 is 2.22 bits per heavy atom. The lowest BCUT2D eigenvalue weighted by molar-refractivity contribution is 0.0930.